The van der Waals surface area contributed by atoms with Crippen molar-refractivity contribution >= 4 is 0 Å². The fourth-order valence-electron chi connectivity index (χ4n) is 2.44. The Morgan fingerprint density at radius 3 is 2.53 bits per heavy atom. The van der Waals surface area contributed by atoms with Crippen molar-refractivity contribution in [1.82, 2.24) is 0 Å². The van der Waals surface area contributed by atoms with Gasteiger partial charge in [0.15, 0.2) is 0 Å². The molecule has 0 amide bonds. The van der Waals surface area contributed by atoms with Crippen molar-refractivity contribution in [2.24, 2.45) is 5.73 Å². The minimum atomic E-state index is 0.362. The molecular formula is C13H19NO. The van der Waals surface area contributed by atoms with Crippen molar-refractivity contribution in [2.75, 3.05) is 0 Å². The molecule has 82 valence electrons. The van der Waals surface area contributed by atoms with Gasteiger partial charge in [-0.15, -0.1) is 0 Å². The number of phenols is 1. The van der Waals surface area contributed by atoms with Crippen LogP contribution >= 0.6 is 0 Å². The van der Waals surface area contributed by atoms with Gasteiger partial charge in [-0.05, 0) is 30.4 Å². The molecule has 1 aromatic carbocycles. The number of hydrogen-bond acceptors (Lipinski definition) is 2. The van der Waals surface area contributed by atoms with E-state index in [1.54, 1.807) is 0 Å². The van der Waals surface area contributed by atoms with Gasteiger partial charge in [0.25, 0.3) is 0 Å². The Balaban J connectivity index is 2.17. The number of phenolic OH excluding ortho intramolecular Hbond substituents is 1. The lowest BCUT2D eigenvalue weighted by atomic mass is 9.84. The Morgan fingerprint density at radius 1 is 1.20 bits per heavy atom. The summed E-state index contributed by atoms with van der Waals surface area (Å²) in [5, 5.41) is 9.74. The highest BCUT2D eigenvalue weighted by Crippen LogP contribution is 2.34. The molecule has 1 aromatic rings. The molecule has 0 saturated heterocycles. The van der Waals surface area contributed by atoms with Crippen LogP contribution in [0, 0.1) is 0 Å². The summed E-state index contributed by atoms with van der Waals surface area (Å²) in [4.78, 5) is 0. The van der Waals surface area contributed by atoms with Crippen LogP contribution in [0.15, 0.2) is 18.2 Å². The van der Waals surface area contributed by atoms with E-state index in [1.807, 2.05) is 12.1 Å². The lowest BCUT2D eigenvalue weighted by Gasteiger charge is -2.22. The summed E-state index contributed by atoms with van der Waals surface area (Å²) in [6.45, 7) is 0.413. The first-order valence-corrected chi connectivity index (χ1v) is 5.83. The van der Waals surface area contributed by atoms with Gasteiger partial charge in [0.1, 0.15) is 5.75 Å². The maximum atomic E-state index is 9.74. The van der Waals surface area contributed by atoms with E-state index in [4.69, 9.17) is 5.73 Å². The van der Waals surface area contributed by atoms with Crippen LogP contribution in [0.3, 0.4) is 0 Å². The number of benzene rings is 1. The van der Waals surface area contributed by atoms with Gasteiger partial charge in [0.05, 0.1) is 0 Å². The zero-order valence-corrected chi connectivity index (χ0v) is 9.08. The van der Waals surface area contributed by atoms with Gasteiger partial charge in [-0.25, -0.2) is 0 Å². The van der Waals surface area contributed by atoms with Gasteiger partial charge < -0.3 is 10.8 Å². The highest BCUT2D eigenvalue weighted by molar-refractivity contribution is 5.37. The Hall–Kier alpha value is -1.02. The van der Waals surface area contributed by atoms with Crippen LogP contribution in [-0.4, -0.2) is 5.11 Å². The van der Waals surface area contributed by atoms with Crippen molar-refractivity contribution in [2.45, 2.75) is 44.6 Å². The van der Waals surface area contributed by atoms with Crippen molar-refractivity contribution in [1.29, 1.82) is 0 Å². The van der Waals surface area contributed by atoms with Crippen LogP contribution in [0.5, 0.6) is 5.75 Å². The van der Waals surface area contributed by atoms with E-state index in [-0.39, 0.29) is 0 Å². The van der Waals surface area contributed by atoms with Gasteiger partial charge in [-0.1, -0.05) is 31.4 Å². The molecule has 3 N–H and O–H groups in total. The zero-order valence-electron chi connectivity index (χ0n) is 9.08. The second-order valence-corrected chi connectivity index (χ2v) is 4.43. The van der Waals surface area contributed by atoms with Gasteiger partial charge >= 0.3 is 0 Å². The third-order valence-corrected chi connectivity index (χ3v) is 3.41. The smallest absolute Gasteiger partial charge is 0.120 e. The van der Waals surface area contributed by atoms with E-state index in [9.17, 15) is 5.11 Å². The monoisotopic (exact) mass is 205 g/mol. The van der Waals surface area contributed by atoms with Gasteiger partial charge in [0.2, 0.25) is 0 Å². The molecule has 1 fully saturated rings. The molecule has 0 radical (unpaired) electrons. The predicted octanol–water partition coefficient (Wildman–Crippen LogP) is 2.90. The number of nitrogens with two attached hydrogens (primary N) is 1. The van der Waals surface area contributed by atoms with Crippen LogP contribution in [0.4, 0.5) is 0 Å². The van der Waals surface area contributed by atoms with E-state index in [0.29, 0.717) is 18.2 Å². The first kappa shape index (κ1) is 10.5. The first-order chi connectivity index (χ1) is 7.31. The highest BCUT2D eigenvalue weighted by Gasteiger charge is 2.16. The minimum Gasteiger partial charge on any atom is -0.508 e. The first-order valence-electron chi connectivity index (χ1n) is 5.83. The van der Waals surface area contributed by atoms with Crippen molar-refractivity contribution in [3.63, 3.8) is 0 Å². The largest absolute Gasteiger partial charge is 0.508 e. The molecule has 1 saturated carbocycles. The lowest BCUT2D eigenvalue weighted by Crippen LogP contribution is -2.05. The van der Waals surface area contributed by atoms with Gasteiger partial charge in [-0.3, -0.25) is 0 Å². The van der Waals surface area contributed by atoms with E-state index in [0.717, 1.165) is 5.56 Å². The molecule has 0 bridgehead atoms. The molecule has 1 aliphatic rings. The quantitative estimate of drug-likeness (QED) is 0.779. The zero-order chi connectivity index (χ0) is 10.7. The van der Waals surface area contributed by atoms with E-state index in [2.05, 4.69) is 6.07 Å². The van der Waals surface area contributed by atoms with Gasteiger partial charge in [0, 0.05) is 12.1 Å². The van der Waals surface area contributed by atoms with Crippen molar-refractivity contribution in [3.05, 3.63) is 29.3 Å². The second-order valence-electron chi connectivity index (χ2n) is 4.43. The summed E-state index contributed by atoms with van der Waals surface area (Å²) in [7, 11) is 0. The topological polar surface area (TPSA) is 46.2 Å². The molecule has 0 atom stereocenters. The summed E-state index contributed by atoms with van der Waals surface area (Å²) < 4.78 is 0. The molecule has 1 aliphatic carbocycles. The summed E-state index contributed by atoms with van der Waals surface area (Å²) in [6.07, 6.45) is 6.54. The van der Waals surface area contributed by atoms with E-state index < -0.39 is 0 Å². The van der Waals surface area contributed by atoms with Crippen LogP contribution in [0.2, 0.25) is 0 Å². The van der Waals surface area contributed by atoms with Crippen LogP contribution < -0.4 is 5.73 Å². The summed E-state index contributed by atoms with van der Waals surface area (Å²) in [5.74, 6) is 1.01. The minimum absolute atomic E-state index is 0.362. The Labute approximate surface area is 91.1 Å². The Kier molecular flexibility index (Phi) is 3.27. The van der Waals surface area contributed by atoms with Crippen molar-refractivity contribution < 1.29 is 5.11 Å². The molecule has 15 heavy (non-hydrogen) atoms. The molecule has 2 heteroatoms. The third kappa shape index (κ3) is 2.32. The van der Waals surface area contributed by atoms with Gasteiger partial charge in [-0.2, -0.15) is 0 Å². The summed E-state index contributed by atoms with van der Waals surface area (Å²) in [5.41, 5.74) is 7.64. The maximum Gasteiger partial charge on any atom is 0.120 e. The molecule has 2 rings (SSSR count). The lowest BCUT2D eigenvalue weighted by molar-refractivity contribution is 0.437. The van der Waals surface area contributed by atoms with Crippen molar-refractivity contribution in [3.8, 4) is 5.75 Å². The molecule has 0 heterocycles. The highest BCUT2D eigenvalue weighted by atomic mass is 16.3. The fourth-order valence-corrected chi connectivity index (χ4v) is 2.44. The molecule has 2 nitrogen and oxygen atoms in total. The molecule has 0 spiro atoms. The third-order valence-electron chi connectivity index (χ3n) is 3.41. The fraction of sp³-hybridized carbons (Fsp3) is 0.538. The SMILES string of the molecule is NCc1ccc(C2CCCCC2)cc1O. The Bertz CT molecular complexity index is 329. The number of aromatic hydroxyl groups is 1. The Morgan fingerprint density at radius 2 is 1.93 bits per heavy atom. The average Bonchev–Trinajstić information content (AvgIpc) is 2.30. The molecule has 0 aromatic heterocycles. The van der Waals surface area contributed by atoms with Crippen LogP contribution in [0.1, 0.15) is 49.1 Å². The summed E-state index contributed by atoms with van der Waals surface area (Å²) >= 11 is 0. The van der Waals surface area contributed by atoms with E-state index >= 15 is 0 Å². The number of hydrogen-bond donors (Lipinski definition) is 2. The van der Waals surface area contributed by atoms with Crippen LogP contribution in [-0.2, 0) is 6.54 Å². The molecule has 0 unspecified atom stereocenters. The normalized spacial score (nSPS) is 17.9. The molecule has 0 aliphatic heterocycles. The van der Waals surface area contributed by atoms with Crippen LogP contribution in [0.25, 0.3) is 0 Å². The average molecular weight is 205 g/mol. The molecular weight excluding hydrogens is 186 g/mol. The standard InChI is InChI=1S/C13H19NO/c14-9-12-7-6-11(8-13(12)15)10-4-2-1-3-5-10/h6-8,10,15H,1-5,9,14H2. The predicted molar refractivity (Wildman–Crippen MR) is 61.8 cm³/mol. The second kappa shape index (κ2) is 4.67. The maximum absolute atomic E-state index is 9.74. The van der Waals surface area contributed by atoms with E-state index in [1.165, 1.54) is 37.7 Å². The summed E-state index contributed by atoms with van der Waals surface area (Å²) in [6, 6.07) is 5.98. The number of rotatable bonds is 2.